The van der Waals surface area contributed by atoms with Crippen LogP contribution < -0.4 is 5.73 Å². The predicted molar refractivity (Wildman–Crippen MR) is 63.0 cm³/mol. The molecule has 0 spiro atoms. The molecule has 80 valence electrons. The van der Waals surface area contributed by atoms with E-state index < -0.39 is 0 Å². The average Bonchev–Trinajstić information content (AvgIpc) is 2.55. The number of rotatable bonds is 2. The number of hydrogen-bond acceptors (Lipinski definition) is 2. The first-order chi connectivity index (χ1) is 7.15. The van der Waals surface area contributed by atoms with Gasteiger partial charge in [0.1, 0.15) is 0 Å². The molecule has 1 aromatic carbocycles. The zero-order valence-electron chi connectivity index (χ0n) is 8.87. The number of aryl methyl sites for hydroxylation is 1. The molecule has 2 aromatic rings. The third-order valence-electron chi connectivity index (χ3n) is 2.55. The van der Waals surface area contributed by atoms with Crippen LogP contribution in [-0.2, 0) is 6.54 Å². The zero-order valence-corrected chi connectivity index (χ0v) is 9.62. The topological polar surface area (TPSA) is 43.8 Å². The number of nitrogens with zero attached hydrogens (tertiary/aromatic N) is 2. The van der Waals surface area contributed by atoms with Gasteiger partial charge >= 0.3 is 0 Å². The summed E-state index contributed by atoms with van der Waals surface area (Å²) in [4.78, 5) is 0. The standard InChI is InChI=1S/C11H14ClN3/c1-3-15-10-8(7(2)13)5-4-6-9(10)11(12)14-15/h4-7H,3,13H2,1-2H3. The summed E-state index contributed by atoms with van der Waals surface area (Å²) in [7, 11) is 0. The molecular formula is C11H14ClN3. The smallest absolute Gasteiger partial charge is 0.158 e. The maximum atomic E-state index is 6.06. The summed E-state index contributed by atoms with van der Waals surface area (Å²) in [6, 6.07) is 5.96. The van der Waals surface area contributed by atoms with Gasteiger partial charge in [0.25, 0.3) is 0 Å². The van der Waals surface area contributed by atoms with Crippen LogP contribution >= 0.6 is 11.6 Å². The van der Waals surface area contributed by atoms with Gasteiger partial charge in [0.15, 0.2) is 5.15 Å². The number of fused-ring (bicyclic) bond motifs is 1. The third-order valence-corrected chi connectivity index (χ3v) is 2.83. The van der Waals surface area contributed by atoms with E-state index in [0.29, 0.717) is 5.15 Å². The van der Waals surface area contributed by atoms with Crippen molar-refractivity contribution in [1.82, 2.24) is 9.78 Å². The Morgan fingerprint density at radius 1 is 1.53 bits per heavy atom. The summed E-state index contributed by atoms with van der Waals surface area (Å²) >= 11 is 6.06. The van der Waals surface area contributed by atoms with Crippen molar-refractivity contribution in [1.29, 1.82) is 0 Å². The molecule has 2 rings (SSSR count). The summed E-state index contributed by atoms with van der Waals surface area (Å²) in [6.45, 7) is 4.81. The monoisotopic (exact) mass is 223 g/mol. The van der Waals surface area contributed by atoms with Crippen LogP contribution in [0.2, 0.25) is 5.15 Å². The van der Waals surface area contributed by atoms with Gasteiger partial charge in [-0.05, 0) is 25.5 Å². The lowest BCUT2D eigenvalue weighted by atomic mass is 10.1. The Morgan fingerprint density at radius 3 is 2.87 bits per heavy atom. The molecule has 0 amide bonds. The predicted octanol–water partition coefficient (Wildman–Crippen LogP) is 2.73. The molecule has 0 fully saturated rings. The minimum Gasteiger partial charge on any atom is -0.324 e. The van der Waals surface area contributed by atoms with Gasteiger partial charge in [-0.1, -0.05) is 23.7 Å². The number of nitrogens with two attached hydrogens (primary N) is 1. The third kappa shape index (κ3) is 1.62. The van der Waals surface area contributed by atoms with Crippen LogP contribution in [0.25, 0.3) is 10.9 Å². The SMILES string of the molecule is CCn1nc(Cl)c2cccc(C(C)N)c21. The van der Waals surface area contributed by atoms with Gasteiger partial charge in [0.05, 0.1) is 5.52 Å². The summed E-state index contributed by atoms with van der Waals surface area (Å²) < 4.78 is 1.90. The fourth-order valence-corrected chi connectivity index (χ4v) is 2.07. The summed E-state index contributed by atoms with van der Waals surface area (Å²) in [6.07, 6.45) is 0. The van der Waals surface area contributed by atoms with E-state index in [1.54, 1.807) is 0 Å². The quantitative estimate of drug-likeness (QED) is 0.851. The summed E-state index contributed by atoms with van der Waals surface area (Å²) in [5, 5.41) is 5.81. The molecule has 4 heteroatoms. The molecule has 2 N–H and O–H groups in total. The highest BCUT2D eigenvalue weighted by Crippen LogP contribution is 2.28. The lowest BCUT2D eigenvalue weighted by Crippen LogP contribution is -2.08. The Kier molecular flexibility index (Phi) is 2.67. The van der Waals surface area contributed by atoms with Crippen molar-refractivity contribution in [3.8, 4) is 0 Å². The van der Waals surface area contributed by atoms with E-state index in [1.165, 1.54) is 0 Å². The number of aromatic nitrogens is 2. The Morgan fingerprint density at radius 2 is 2.27 bits per heavy atom. The minimum absolute atomic E-state index is 0.00762. The van der Waals surface area contributed by atoms with Crippen LogP contribution in [0.3, 0.4) is 0 Å². The van der Waals surface area contributed by atoms with Gasteiger partial charge in [-0.15, -0.1) is 0 Å². The van der Waals surface area contributed by atoms with Crippen LogP contribution in [-0.4, -0.2) is 9.78 Å². The first kappa shape index (κ1) is 10.5. The van der Waals surface area contributed by atoms with Crippen molar-refractivity contribution >= 4 is 22.5 Å². The van der Waals surface area contributed by atoms with Gasteiger partial charge < -0.3 is 5.73 Å². The molecule has 0 aliphatic rings. The molecule has 0 radical (unpaired) electrons. The van der Waals surface area contributed by atoms with E-state index in [0.717, 1.165) is 23.0 Å². The fraction of sp³-hybridized carbons (Fsp3) is 0.364. The second-order valence-corrected chi connectivity index (χ2v) is 4.00. The average molecular weight is 224 g/mol. The van der Waals surface area contributed by atoms with Crippen molar-refractivity contribution in [3.63, 3.8) is 0 Å². The molecule has 1 heterocycles. The maximum Gasteiger partial charge on any atom is 0.158 e. The normalized spacial score (nSPS) is 13.3. The van der Waals surface area contributed by atoms with Crippen molar-refractivity contribution in [2.75, 3.05) is 0 Å². The summed E-state index contributed by atoms with van der Waals surface area (Å²) in [5.74, 6) is 0. The summed E-state index contributed by atoms with van der Waals surface area (Å²) in [5.41, 5.74) is 8.08. The lowest BCUT2D eigenvalue weighted by Gasteiger charge is -2.09. The van der Waals surface area contributed by atoms with Gasteiger partial charge in [0.2, 0.25) is 0 Å². The lowest BCUT2D eigenvalue weighted by molar-refractivity contribution is 0.676. The first-order valence-corrected chi connectivity index (χ1v) is 5.43. The van der Waals surface area contributed by atoms with Crippen molar-refractivity contribution in [2.24, 2.45) is 5.73 Å². The van der Waals surface area contributed by atoms with Crippen LogP contribution in [0.4, 0.5) is 0 Å². The van der Waals surface area contributed by atoms with E-state index in [2.05, 4.69) is 5.10 Å². The minimum atomic E-state index is -0.00762. The molecule has 1 unspecified atom stereocenters. The number of para-hydroxylation sites is 1. The van der Waals surface area contributed by atoms with Crippen molar-refractivity contribution < 1.29 is 0 Å². The molecular weight excluding hydrogens is 210 g/mol. The first-order valence-electron chi connectivity index (χ1n) is 5.05. The van der Waals surface area contributed by atoms with E-state index >= 15 is 0 Å². The van der Waals surface area contributed by atoms with Crippen LogP contribution in [0, 0.1) is 0 Å². The number of hydrogen-bond donors (Lipinski definition) is 1. The molecule has 0 bridgehead atoms. The molecule has 1 aromatic heterocycles. The van der Waals surface area contributed by atoms with Gasteiger partial charge in [0, 0.05) is 18.0 Å². The Bertz CT molecular complexity index is 488. The molecule has 3 nitrogen and oxygen atoms in total. The highest BCUT2D eigenvalue weighted by atomic mass is 35.5. The maximum absolute atomic E-state index is 6.06. The fourth-order valence-electron chi connectivity index (χ4n) is 1.82. The zero-order chi connectivity index (χ0) is 11.0. The molecule has 1 atom stereocenters. The van der Waals surface area contributed by atoms with Crippen molar-refractivity contribution in [2.45, 2.75) is 26.4 Å². The molecule has 0 aliphatic carbocycles. The Balaban J connectivity index is 2.82. The van der Waals surface area contributed by atoms with E-state index in [9.17, 15) is 0 Å². The highest BCUT2D eigenvalue weighted by Gasteiger charge is 2.13. The molecule has 0 saturated carbocycles. The van der Waals surface area contributed by atoms with Crippen molar-refractivity contribution in [3.05, 3.63) is 28.9 Å². The number of halogens is 1. The van der Waals surface area contributed by atoms with Crippen LogP contribution in [0.5, 0.6) is 0 Å². The number of benzene rings is 1. The molecule has 0 aliphatic heterocycles. The van der Waals surface area contributed by atoms with E-state index in [-0.39, 0.29) is 6.04 Å². The Hall–Kier alpha value is -1.06. The largest absolute Gasteiger partial charge is 0.324 e. The molecule has 0 saturated heterocycles. The van der Waals surface area contributed by atoms with Gasteiger partial charge in [-0.25, -0.2) is 0 Å². The van der Waals surface area contributed by atoms with Gasteiger partial charge in [-0.3, -0.25) is 4.68 Å². The van der Waals surface area contributed by atoms with E-state index in [1.807, 2.05) is 36.7 Å². The van der Waals surface area contributed by atoms with Crippen LogP contribution in [0.1, 0.15) is 25.5 Å². The second kappa shape index (κ2) is 3.83. The molecule has 15 heavy (non-hydrogen) atoms. The van der Waals surface area contributed by atoms with E-state index in [4.69, 9.17) is 17.3 Å². The second-order valence-electron chi connectivity index (χ2n) is 3.64. The highest BCUT2D eigenvalue weighted by molar-refractivity contribution is 6.34. The van der Waals surface area contributed by atoms with Crippen LogP contribution in [0.15, 0.2) is 18.2 Å². The Labute approximate surface area is 93.8 Å². The van der Waals surface area contributed by atoms with Gasteiger partial charge in [-0.2, -0.15) is 5.10 Å².